The van der Waals surface area contributed by atoms with Crippen molar-refractivity contribution >= 4 is 31.9 Å². The van der Waals surface area contributed by atoms with Crippen LogP contribution in [-0.4, -0.2) is 32.6 Å². The van der Waals surface area contributed by atoms with Crippen molar-refractivity contribution in [3.05, 3.63) is 52.6 Å². The van der Waals surface area contributed by atoms with Crippen molar-refractivity contribution in [2.75, 3.05) is 18.0 Å². The first kappa shape index (κ1) is 20.6. The number of hydrogen-bond acceptors (Lipinski definition) is 5. The van der Waals surface area contributed by atoms with Crippen molar-refractivity contribution in [1.29, 1.82) is 0 Å². The SMILES string of the molecule is O=S(=O)(OC1CCC2CN(c3cccc(C(F)(F)F)n3)CC21)c1ccc(Br)cc1. The van der Waals surface area contributed by atoms with Crippen molar-refractivity contribution in [3.8, 4) is 0 Å². The molecule has 1 saturated heterocycles. The summed E-state index contributed by atoms with van der Waals surface area (Å²) >= 11 is 3.27. The molecule has 3 unspecified atom stereocenters. The molecule has 1 aromatic carbocycles. The van der Waals surface area contributed by atoms with E-state index in [1.807, 2.05) is 0 Å². The lowest BCUT2D eigenvalue weighted by Crippen LogP contribution is -2.29. The monoisotopic (exact) mass is 490 g/mol. The van der Waals surface area contributed by atoms with E-state index >= 15 is 0 Å². The number of alkyl halides is 3. The molecule has 2 fully saturated rings. The van der Waals surface area contributed by atoms with Gasteiger partial charge in [0.05, 0.1) is 11.0 Å². The molecule has 1 saturated carbocycles. The smallest absolute Gasteiger partial charge is 0.356 e. The van der Waals surface area contributed by atoms with E-state index in [4.69, 9.17) is 4.18 Å². The molecule has 0 N–H and O–H groups in total. The number of halogens is 4. The molecule has 3 atom stereocenters. The third kappa shape index (κ3) is 4.29. The molecule has 4 rings (SSSR count). The number of anilines is 1. The highest BCUT2D eigenvalue weighted by molar-refractivity contribution is 9.10. The van der Waals surface area contributed by atoms with Gasteiger partial charge in [-0.1, -0.05) is 22.0 Å². The Morgan fingerprint density at radius 2 is 1.79 bits per heavy atom. The quantitative estimate of drug-likeness (QED) is 0.591. The molecular weight excluding hydrogens is 473 g/mol. The highest BCUT2D eigenvalue weighted by Crippen LogP contribution is 2.42. The molecular formula is C19H18BrF3N2O3S. The zero-order valence-electron chi connectivity index (χ0n) is 15.1. The van der Waals surface area contributed by atoms with Gasteiger partial charge in [0.2, 0.25) is 0 Å². The van der Waals surface area contributed by atoms with Gasteiger partial charge in [0, 0.05) is 23.5 Å². The summed E-state index contributed by atoms with van der Waals surface area (Å²) in [6.07, 6.45) is -3.63. The van der Waals surface area contributed by atoms with Crippen LogP contribution in [0.2, 0.25) is 0 Å². The van der Waals surface area contributed by atoms with Crippen LogP contribution in [0.1, 0.15) is 18.5 Å². The van der Waals surface area contributed by atoms with Gasteiger partial charge in [-0.05, 0) is 55.2 Å². The van der Waals surface area contributed by atoms with Crippen molar-refractivity contribution in [2.24, 2.45) is 11.8 Å². The van der Waals surface area contributed by atoms with Gasteiger partial charge in [0.1, 0.15) is 11.5 Å². The van der Waals surface area contributed by atoms with Gasteiger partial charge >= 0.3 is 6.18 Å². The number of aromatic nitrogens is 1. The van der Waals surface area contributed by atoms with E-state index in [1.54, 1.807) is 23.1 Å². The predicted molar refractivity (Wildman–Crippen MR) is 104 cm³/mol. The first-order valence-electron chi connectivity index (χ1n) is 9.11. The minimum absolute atomic E-state index is 0.0726. The molecule has 10 heteroatoms. The van der Waals surface area contributed by atoms with Gasteiger partial charge in [-0.25, -0.2) is 4.98 Å². The number of nitrogens with zero attached hydrogens (tertiary/aromatic N) is 2. The number of hydrogen-bond donors (Lipinski definition) is 0. The molecule has 5 nitrogen and oxygen atoms in total. The fraction of sp³-hybridized carbons (Fsp3) is 0.421. The number of rotatable bonds is 4. The summed E-state index contributed by atoms with van der Waals surface area (Å²) in [5.41, 5.74) is -0.933. The highest BCUT2D eigenvalue weighted by Gasteiger charge is 2.45. The van der Waals surface area contributed by atoms with Crippen LogP contribution < -0.4 is 4.90 Å². The van der Waals surface area contributed by atoms with Crippen molar-refractivity contribution < 1.29 is 25.8 Å². The second-order valence-corrected chi connectivity index (χ2v) is 9.82. The maximum absolute atomic E-state index is 12.9. The van der Waals surface area contributed by atoms with E-state index in [9.17, 15) is 21.6 Å². The number of benzene rings is 1. The minimum atomic E-state index is -4.50. The van der Waals surface area contributed by atoms with Gasteiger partial charge in [0.25, 0.3) is 10.1 Å². The maximum atomic E-state index is 12.9. The lowest BCUT2D eigenvalue weighted by atomic mass is 10.00. The number of fused-ring (bicyclic) bond motifs is 1. The standard InChI is InChI=1S/C19H18BrF3N2O3S/c20-13-5-7-14(8-6-13)29(26,27)28-16-9-4-12-10-25(11-15(12)16)18-3-1-2-17(24-18)19(21,22)23/h1-3,5-8,12,15-16H,4,9-11H2. The Labute approximate surface area is 175 Å². The summed E-state index contributed by atoms with van der Waals surface area (Å²) < 4.78 is 70.4. The minimum Gasteiger partial charge on any atom is -0.356 e. The largest absolute Gasteiger partial charge is 0.433 e. The van der Waals surface area contributed by atoms with Crippen LogP contribution in [0.15, 0.2) is 51.8 Å². The summed E-state index contributed by atoms with van der Waals surface area (Å²) in [7, 11) is -3.91. The van der Waals surface area contributed by atoms with Crippen molar-refractivity contribution in [1.82, 2.24) is 4.98 Å². The third-order valence-corrected chi connectivity index (χ3v) is 7.37. The Kier molecular flexibility index (Phi) is 5.37. The van der Waals surface area contributed by atoms with Crippen LogP contribution in [0.4, 0.5) is 19.0 Å². The van der Waals surface area contributed by atoms with E-state index in [-0.39, 0.29) is 22.5 Å². The summed E-state index contributed by atoms with van der Waals surface area (Å²) in [5, 5.41) is 0. The van der Waals surface area contributed by atoms with Gasteiger partial charge < -0.3 is 4.90 Å². The summed E-state index contributed by atoms with van der Waals surface area (Å²) in [5.74, 6) is 0.344. The normalized spacial score (nSPS) is 24.7. The van der Waals surface area contributed by atoms with Crippen LogP contribution in [0.25, 0.3) is 0 Å². The number of pyridine rings is 1. The van der Waals surface area contributed by atoms with Crippen LogP contribution in [0, 0.1) is 11.8 Å². The fourth-order valence-electron chi connectivity index (χ4n) is 4.10. The third-order valence-electron chi connectivity index (χ3n) is 5.49. The average molecular weight is 491 g/mol. The topological polar surface area (TPSA) is 59.5 Å². The van der Waals surface area contributed by atoms with E-state index in [0.717, 1.165) is 17.0 Å². The van der Waals surface area contributed by atoms with Gasteiger partial charge in [0.15, 0.2) is 0 Å². The first-order valence-corrected chi connectivity index (χ1v) is 11.3. The van der Waals surface area contributed by atoms with Crippen molar-refractivity contribution in [3.63, 3.8) is 0 Å². The molecule has 2 aliphatic rings. The van der Waals surface area contributed by atoms with Gasteiger partial charge in [-0.3, -0.25) is 4.18 Å². The zero-order valence-corrected chi connectivity index (χ0v) is 17.5. The summed E-state index contributed by atoms with van der Waals surface area (Å²) in [4.78, 5) is 5.61. The van der Waals surface area contributed by atoms with Gasteiger partial charge in [-0.15, -0.1) is 0 Å². The van der Waals surface area contributed by atoms with E-state index in [2.05, 4.69) is 20.9 Å². The maximum Gasteiger partial charge on any atom is 0.433 e. The van der Waals surface area contributed by atoms with Crippen LogP contribution in [-0.2, 0) is 20.5 Å². The Bertz CT molecular complexity index is 999. The highest BCUT2D eigenvalue weighted by atomic mass is 79.9. The molecule has 0 radical (unpaired) electrons. The lowest BCUT2D eigenvalue weighted by Gasteiger charge is -2.22. The van der Waals surface area contributed by atoms with Crippen LogP contribution >= 0.6 is 15.9 Å². The predicted octanol–water partition coefficient (Wildman–Crippen LogP) is 4.48. The van der Waals surface area contributed by atoms with E-state index in [1.165, 1.54) is 18.2 Å². The fourth-order valence-corrected chi connectivity index (χ4v) is 5.51. The van der Waals surface area contributed by atoms with Crippen LogP contribution in [0.5, 0.6) is 0 Å². The van der Waals surface area contributed by atoms with Crippen molar-refractivity contribution in [2.45, 2.75) is 30.0 Å². The summed E-state index contributed by atoms with van der Waals surface area (Å²) in [6, 6.07) is 10.0. The molecule has 2 aromatic rings. The van der Waals surface area contributed by atoms with E-state index < -0.39 is 28.1 Å². The molecule has 1 aliphatic carbocycles. The Morgan fingerprint density at radius 3 is 2.48 bits per heavy atom. The molecule has 0 spiro atoms. The molecule has 0 bridgehead atoms. The first-order chi connectivity index (χ1) is 13.6. The Morgan fingerprint density at radius 1 is 1.07 bits per heavy atom. The molecule has 2 heterocycles. The van der Waals surface area contributed by atoms with E-state index in [0.29, 0.717) is 19.5 Å². The Hall–Kier alpha value is -1.65. The average Bonchev–Trinajstić information content (AvgIpc) is 3.23. The molecule has 156 valence electrons. The molecule has 1 aliphatic heterocycles. The molecule has 1 aromatic heterocycles. The molecule has 0 amide bonds. The van der Waals surface area contributed by atoms with Crippen LogP contribution in [0.3, 0.4) is 0 Å². The Balaban J connectivity index is 1.49. The lowest BCUT2D eigenvalue weighted by molar-refractivity contribution is -0.141. The second kappa shape index (κ2) is 7.55. The second-order valence-electron chi connectivity index (χ2n) is 7.33. The molecule has 29 heavy (non-hydrogen) atoms. The zero-order chi connectivity index (χ0) is 20.8. The van der Waals surface area contributed by atoms with Gasteiger partial charge in [-0.2, -0.15) is 21.6 Å². The summed E-state index contributed by atoms with van der Waals surface area (Å²) in [6.45, 7) is 0.955.